The summed E-state index contributed by atoms with van der Waals surface area (Å²) in [5.41, 5.74) is 0.658. The first-order chi connectivity index (χ1) is 15.7. The lowest BCUT2D eigenvalue weighted by Crippen LogP contribution is -2.38. The van der Waals surface area contributed by atoms with Crippen molar-refractivity contribution >= 4 is 87.9 Å². The highest BCUT2D eigenvalue weighted by Crippen LogP contribution is 2.38. The van der Waals surface area contributed by atoms with Crippen molar-refractivity contribution in [2.24, 2.45) is 0 Å². The van der Waals surface area contributed by atoms with E-state index >= 15 is 0 Å². The van der Waals surface area contributed by atoms with Gasteiger partial charge >= 0.3 is 0 Å². The number of benzene rings is 2. The van der Waals surface area contributed by atoms with E-state index in [4.69, 9.17) is 11.6 Å². The number of anilines is 1. The van der Waals surface area contributed by atoms with Gasteiger partial charge in [-0.05, 0) is 37.4 Å². The minimum absolute atomic E-state index is 0. The van der Waals surface area contributed by atoms with Crippen LogP contribution in [-0.4, -0.2) is 56.6 Å². The Morgan fingerprint density at radius 2 is 1.74 bits per heavy atom. The Labute approximate surface area is 218 Å². The lowest BCUT2D eigenvalue weighted by atomic mass is 10.2. The standard InChI is InChI=1S/C23H24ClN3O3S3.ClH/c1-4-26(5-2)12-13-27(22(28)21-20(24)16-8-6-7-9-18(16)31-21)23-25-17-11-10-15(33(3,29)30)14-19(17)32-23;/h6-11,14H,4-5,12-13H2,1-3H3;1H. The monoisotopic (exact) mass is 557 g/mol. The number of nitrogens with zero attached hydrogens (tertiary/aromatic N) is 3. The average molecular weight is 559 g/mol. The van der Waals surface area contributed by atoms with Crippen molar-refractivity contribution in [1.29, 1.82) is 0 Å². The summed E-state index contributed by atoms with van der Waals surface area (Å²) in [6, 6.07) is 12.5. The molecule has 0 radical (unpaired) electrons. The van der Waals surface area contributed by atoms with Crippen LogP contribution in [0.25, 0.3) is 20.3 Å². The topological polar surface area (TPSA) is 70.6 Å². The first-order valence-corrected chi connectivity index (χ1v) is 14.4. The van der Waals surface area contributed by atoms with E-state index in [2.05, 4.69) is 23.7 Å². The summed E-state index contributed by atoms with van der Waals surface area (Å²) in [5, 5.41) is 1.84. The highest BCUT2D eigenvalue weighted by atomic mass is 35.5. The second-order valence-electron chi connectivity index (χ2n) is 7.62. The van der Waals surface area contributed by atoms with Crippen LogP contribution in [-0.2, 0) is 9.84 Å². The first-order valence-electron chi connectivity index (χ1n) is 10.5. The largest absolute Gasteiger partial charge is 0.302 e. The number of fused-ring (bicyclic) bond motifs is 2. The highest BCUT2D eigenvalue weighted by molar-refractivity contribution is 7.90. The predicted molar refractivity (Wildman–Crippen MR) is 146 cm³/mol. The summed E-state index contributed by atoms with van der Waals surface area (Å²) in [4.78, 5) is 23.0. The zero-order valence-corrected chi connectivity index (χ0v) is 23.0. The van der Waals surface area contributed by atoms with E-state index < -0.39 is 9.84 Å². The Kier molecular flexibility index (Phi) is 8.60. The fourth-order valence-corrected chi connectivity index (χ4v) is 6.79. The molecule has 0 unspecified atom stereocenters. The van der Waals surface area contributed by atoms with Crippen molar-refractivity contribution in [3.63, 3.8) is 0 Å². The molecule has 4 rings (SSSR count). The summed E-state index contributed by atoms with van der Waals surface area (Å²) in [7, 11) is -3.34. The first kappa shape index (κ1) is 26.8. The minimum atomic E-state index is -3.34. The molecule has 1 amide bonds. The van der Waals surface area contributed by atoms with Gasteiger partial charge in [-0.15, -0.1) is 23.7 Å². The maximum absolute atomic E-state index is 13.7. The van der Waals surface area contributed by atoms with Crippen molar-refractivity contribution < 1.29 is 13.2 Å². The van der Waals surface area contributed by atoms with E-state index in [-0.39, 0.29) is 23.2 Å². The highest BCUT2D eigenvalue weighted by Gasteiger charge is 2.26. The van der Waals surface area contributed by atoms with Crippen molar-refractivity contribution in [3.05, 3.63) is 52.4 Å². The van der Waals surface area contributed by atoms with Crippen LogP contribution in [0.1, 0.15) is 23.5 Å². The van der Waals surface area contributed by atoms with Gasteiger partial charge in [0.2, 0.25) is 0 Å². The number of hydrogen-bond donors (Lipinski definition) is 0. The lowest BCUT2D eigenvalue weighted by molar-refractivity contribution is 0.0988. The zero-order valence-electron chi connectivity index (χ0n) is 18.9. The second-order valence-corrected chi connectivity index (χ2v) is 12.1. The van der Waals surface area contributed by atoms with Crippen LogP contribution in [0, 0.1) is 0 Å². The normalized spacial score (nSPS) is 11.8. The van der Waals surface area contributed by atoms with Gasteiger partial charge in [0.05, 0.1) is 20.1 Å². The molecule has 2 heterocycles. The summed E-state index contributed by atoms with van der Waals surface area (Å²) >= 11 is 9.30. The molecule has 2 aromatic carbocycles. The lowest BCUT2D eigenvalue weighted by Gasteiger charge is -2.24. The number of hydrogen-bond acceptors (Lipinski definition) is 7. The fourth-order valence-electron chi connectivity index (χ4n) is 3.58. The van der Waals surface area contributed by atoms with Crippen LogP contribution in [0.15, 0.2) is 47.4 Å². The molecule has 6 nitrogen and oxygen atoms in total. The van der Waals surface area contributed by atoms with E-state index in [0.717, 1.165) is 27.9 Å². The molecule has 0 aliphatic carbocycles. The molecule has 0 aliphatic rings. The van der Waals surface area contributed by atoms with Crippen LogP contribution >= 0.6 is 46.7 Å². The van der Waals surface area contributed by atoms with E-state index in [1.807, 2.05) is 24.3 Å². The van der Waals surface area contributed by atoms with Gasteiger partial charge in [0.1, 0.15) is 4.88 Å². The van der Waals surface area contributed by atoms with E-state index in [9.17, 15) is 13.2 Å². The van der Waals surface area contributed by atoms with Crippen molar-refractivity contribution in [3.8, 4) is 0 Å². The summed E-state index contributed by atoms with van der Waals surface area (Å²) < 4.78 is 25.6. The van der Waals surface area contributed by atoms with Gasteiger partial charge in [-0.2, -0.15) is 0 Å². The Bertz CT molecular complexity index is 1430. The molecule has 0 fully saturated rings. The van der Waals surface area contributed by atoms with Gasteiger partial charge in [-0.1, -0.05) is 55.0 Å². The number of thiophene rings is 1. The zero-order chi connectivity index (χ0) is 23.8. The predicted octanol–water partition coefficient (Wildman–Crippen LogP) is 5.98. The van der Waals surface area contributed by atoms with Gasteiger partial charge in [0.15, 0.2) is 15.0 Å². The number of aromatic nitrogens is 1. The Morgan fingerprint density at radius 3 is 2.38 bits per heavy atom. The summed E-state index contributed by atoms with van der Waals surface area (Å²) in [5.74, 6) is -0.198. The second kappa shape index (κ2) is 10.9. The van der Waals surface area contributed by atoms with Gasteiger partial charge in [0.25, 0.3) is 5.91 Å². The number of carbonyl (C=O) groups excluding carboxylic acids is 1. The van der Waals surface area contributed by atoms with Crippen molar-refractivity contribution in [1.82, 2.24) is 9.88 Å². The minimum Gasteiger partial charge on any atom is -0.302 e. The third kappa shape index (κ3) is 5.40. The summed E-state index contributed by atoms with van der Waals surface area (Å²) in [6.45, 7) is 7.06. The van der Waals surface area contributed by atoms with Crippen LogP contribution < -0.4 is 4.90 Å². The molecular formula is C23H25Cl2N3O3S3. The average Bonchev–Trinajstić information content (AvgIpc) is 3.36. The Morgan fingerprint density at radius 1 is 1.03 bits per heavy atom. The molecule has 2 aromatic heterocycles. The number of thiazole rings is 1. The smallest absolute Gasteiger partial charge is 0.271 e. The third-order valence-corrected chi connectivity index (χ3v) is 9.33. The van der Waals surface area contributed by atoms with Gasteiger partial charge < -0.3 is 4.90 Å². The molecule has 34 heavy (non-hydrogen) atoms. The number of likely N-dealkylation sites (N-methyl/N-ethyl adjacent to an activating group) is 1. The van der Waals surface area contributed by atoms with Crippen LogP contribution in [0.5, 0.6) is 0 Å². The van der Waals surface area contributed by atoms with Gasteiger partial charge in [-0.25, -0.2) is 13.4 Å². The van der Waals surface area contributed by atoms with E-state index in [1.54, 1.807) is 23.1 Å². The van der Waals surface area contributed by atoms with Crippen molar-refractivity contribution in [2.45, 2.75) is 18.7 Å². The molecule has 182 valence electrons. The number of halogens is 2. The number of sulfone groups is 1. The molecule has 0 spiro atoms. The number of rotatable bonds is 8. The Balaban J connectivity index is 0.00000324. The quantitative estimate of drug-likeness (QED) is 0.266. The molecule has 0 aliphatic heterocycles. The molecule has 0 saturated carbocycles. The summed E-state index contributed by atoms with van der Waals surface area (Å²) in [6.07, 6.45) is 1.18. The van der Waals surface area contributed by atoms with E-state index in [1.165, 1.54) is 28.9 Å². The molecule has 4 aromatic rings. The van der Waals surface area contributed by atoms with Crippen LogP contribution in [0.2, 0.25) is 5.02 Å². The van der Waals surface area contributed by atoms with Gasteiger partial charge in [-0.3, -0.25) is 9.69 Å². The third-order valence-electron chi connectivity index (χ3n) is 5.52. The molecule has 0 N–H and O–H groups in total. The number of amides is 1. The molecular weight excluding hydrogens is 533 g/mol. The molecule has 0 bridgehead atoms. The Hall–Kier alpha value is -1.75. The van der Waals surface area contributed by atoms with Crippen LogP contribution in [0.4, 0.5) is 5.13 Å². The SMILES string of the molecule is CCN(CC)CCN(C(=O)c1sc2ccccc2c1Cl)c1nc2ccc(S(C)(=O)=O)cc2s1.Cl. The van der Waals surface area contributed by atoms with Crippen molar-refractivity contribution in [2.75, 3.05) is 37.3 Å². The van der Waals surface area contributed by atoms with Crippen LogP contribution in [0.3, 0.4) is 0 Å². The number of carbonyl (C=O) groups is 1. The van der Waals surface area contributed by atoms with E-state index in [0.29, 0.717) is 33.6 Å². The molecule has 0 atom stereocenters. The maximum atomic E-state index is 13.7. The van der Waals surface area contributed by atoms with Gasteiger partial charge in [0, 0.05) is 29.4 Å². The fraction of sp³-hybridized carbons (Fsp3) is 0.304. The molecule has 0 saturated heterocycles. The maximum Gasteiger partial charge on any atom is 0.271 e. The molecule has 11 heteroatoms.